The van der Waals surface area contributed by atoms with Gasteiger partial charge in [-0.3, -0.25) is 9.36 Å². The van der Waals surface area contributed by atoms with Crippen LogP contribution in [-0.2, 0) is 14.1 Å². The number of allylic oxidation sites excluding steroid dienone is 10. The number of aromatic nitrogens is 2. The van der Waals surface area contributed by atoms with Gasteiger partial charge in [0.05, 0.1) is 12.7 Å². The molecule has 1 aliphatic heterocycles. The number of carbonyl (C=O) groups excluding carboxylic acids is 1. The van der Waals surface area contributed by atoms with Crippen molar-refractivity contribution in [3.8, 4) is 5.75 Å². The van der Waals surface area contributed by atoms with Crippen molar-refractivity contribution in [3.05, 3.63) is 113 Å². The number of anilines is 1. The molecule has 0 bridgehead atoms. The highest BCUT2D eigenvalue weighted by atomic mass is 35.5. The lowest BCUT2D eigenvalue weighted by molar-refractivity contribution is -0.121. The number of hydrogen-bond acceptors (Lipinski definition) is 8. The van der Waals surface area contributed by atoms with Crippen LogP contribution < -0.4 is 26.4 Å². The summed E-state index contributed by atoms with van der Waals surface area (Å²) < 4.78 is 47.7. The van der Waals surface area contributed by atoms with E-state index in [0.29, 0.717) is 34.8 Å². The first-order valence-corrected chi connectivity index (χ1v) is 18.7. The van der Waals surface area contributed by atoms with Gasteiger partial charge in [0.2, 0.25) is 12.1 Å². The van der Waals surface area contributed by atoms with Gasteiger partial charge in [0, 0.05) is 37.2 Å². The van der Waals surface area contributed by atoms with Crippen LogP contribution in [0.4, 0.5) is 14.6 Å². The highest BCUT2D eigenvalue weighted by Crippen LogP contribution is 2.44. The lowest BCUT2D eigenvalue weighted by Crippen LogP contribution is -2.35. The Balaban J connectivity index is 1.33. The Kier molecular flexibility index (Phi) is 19.4. The summed E-state index contributed by atoms with van der Waals surface area (Å²) in [5.74, 6) is -3.05. The van der Waals surface area contributed by atoms with Crippen LogP contribution in [0, 0.1) is 0 Å². The summed E-state index contributed by atoms with van der Waals surface area (Å²) in [6.45, 7) is 2.50. The van der Waals surface area contributed by atoms with E-state index in [1.807, 2.05) is 0 Å². The number of nitrogens with one attached hydrogen (secondary N) is 2. The van der Waals surface area contributed by atoms with E-state index < -0.39 is 38.9 Å². The van der Waals surface area contributed by atoms with Crippen LogP contribution in [0.15, 0.2) is 102 Å². The molecule has 0 aliphatic carbocycles. The molecular weight excluding hydrogens is 699 g/mol. The molecular formula is C37H49ClF2N5O5P. The van der Waals surface area contributed by atoms with E-state index in [2.05, 4.69) is 83.1 Å². The smallest absolute Gasteiger partial charge is 0.351 e. The van der Waals surface area contributed by atoms with Crippen molar-refractivity contribution < 1.29 is 27.4 Å². The first-order chi connectivity index (χ1) is 24.7. The number of hydrogen-bond donors (Lipinski definition) is 3. The van der Waals surface area contributed by atoms with Crippen LogP contribution in [0.2, 0.25) is 5.02 Å². The number of benzene rings is 1. The fraction of sp³-hybridized carbons (Fsp3) is 0.432. The first-order valence-electron chi connectivity index (χ1n) is 17.2. The molecule has 1 saturated heterocycles. The SMILES string of the molecule is CC/C=C\C/C=C\C/C=C\C/C=C\C/C=C\CCCC(=O)NCCNP(OCC1CC(F)(F)C(n2ccc(N)nc2=O)O1)Oc1ccc(Cl)cc1. The molecule has 2 heterocycles. The second-order valence-electron chi connectivity index (χ2n) is 11.6. The third kappa shape index (κ3) is 16.9. The summed E-state index contributed by atoms with van der Waals surface area (Å²) in [7, 11) is -1.82. The predicted octanol–water partition coefficient (Wildman–Crippen LogP) is 8.35. The average molecular weight is 748 g/mol. The lowest BCUT2D eigenvalue weighted by Gasteiger charge is -2.21. The van der Waals surface area contributed by atoms with Crippen molar-refractivity contribution in [2.24, 2.45) is 0 Å². The van der Waals surface area contributed by atoms with Crippen LogP contribution in [0.1, 0.15) is 70.9 Å². The van der Waals surface area contributed by atoms with Crippen molar-refractivity contribution in [2.45, 2.75) is 83.0 Å². The molecule has 278 valence electrons. The van der Waals surface area contributed by atoms with Gasteiger partial charge in [-0.1, -0.05) is 79.3 Å². The second-order valence-corrected chi connectivity index (χ2v) is 13.3. The molecule has 3 rings (SSSR count). The van der Waals surface area contributed by atoms with E-state index in [-0.39, 0.29) is 18.3 Å². The lowest BCUT2D eigenvalue weighted by atomic mass is 10.2. The minimum absolute atomic E-state index is 0.0759. The number of carbonyl (C=O) groups is 1. The van der Waals surface area contributed by atoms with E-state index >= 15 is 0 Å². The minimum Gasteiger partial charge on any atom is -0.436 e. The summed E-state index contributed by atoms with van der Waals surface area (Å²) in [5, 5.41) is 6.47. The van der Waals surface area contributed by atoms with Crippen LogP contribution in [0.3, 0.4) is 0 Å². The molecule has 3 unspecified atom stereocenters. The van der Waals surface area contributed by atoms with Crippen molar-refractivity contribution in [2.75, 3.05) is 25.4 Å². The number of nitrogens with two attached hydrogens (primary N) is 1. The quantitative estimate of drug-likeness (QED) is 0.0588. The molecule has 1 aromatic carbocycles. The van der Waals surface area contributed by atoms with Gasteiger partial charge in [-0.15, -0.1) is 0 Å². The van der Waals surface area contributed by atoms with Gasteiger partial charge in [0.25, 0.3) is 5.92 Å². The molecule has 2 aromatic rings. The van der Waals surface area contributed by atoms with Gasteiger partial charge in [-0.05, 0) is 75.3 Å². The molecule has 1 amide bonds. The molecule has 1 aromatic heterocycles. The summed E-state index contributed by atoms with van der Waals surface area (Å²) >= 11 is 5.98. The van der Waals surface area contributed by atoms with Crippen LogP contribution in [0.25, 0.3) is 0 Å². The fourth-order valence-electron chi connectivity index (χ4n) is 4.74. The number of halogens is 3. The molecule has 0 radical (unpaired) electrons. The molecule has 51 heavy (non-hydrogen) atoms. The summed E-state index contributed by atoms with van der Waals surface area (Å²) in [5.41, 5.74) is 4.55. The maximum atomic E-state index is 14.8. The normalized spacial score (nSPS) is 18.2. The van der Waals surface area contributed by atoms with E-state index in [1.54, 1.807) is 24.3 Å². The Labute approximate surface area is 305 Å². The number of alkyl halides is 2. The van der Waals surface area contributed by atoms with E-state index in [9.17, 15) is 18.4 Å². The summed E-state index contributed by atoms with van der Waals surface area (Å²) in [4.78, 5) is 28.0. The third-order valence-corrected chi connectivity index (χ3v) is 8.78. The van der Waals surface area contributed by atoms with E-state index in [4.69, 9.17) is 31.1 Å². The number of ether oxygens (including phenoxy) is 1. The van der Waals surface area contributed by atoms with Crippen molar-refractivity contribution in [1.29, 1.82) is 0 Å². The molecule has 4 N–H and O–H groups in total. The maximum absolute atomic E-state index is 14.8. The zero-order valence-electron chi connectivity index (χ0n) is 29.0. The zero-order chi connectivity index (χ0) is 36.7. The monoisotopic (exact) mass is 747 g/mol. The molecule has 1 aliphatic rings. The summed E-state index contributed by atoms with van der Waals surface area (Å²) in [6, 6.07) is 7.84. The Morgan fingerprint density at radius 1 is 1.02 bits per heavy atom. The van der Waals surface area contributed by atoms with Gasteiger partial charge in [-0.25, -0.2) is 18.7 Å². The Hall–Kier alpha value is -3.67. The van der Waals surface area contributed by atoms with Gasteiger partial charge in [-0.2, -0.15) is 4.98 Å². The average Bonchev–Trinajstić information content (AvgIpc) is 3.41. The largest absolute Gasteiger partial charge is 0.436 e. The maximum Gasteiger partial charge on any atom is 0.351 e. The Bertz CT molecular complexity index is 1530. The Morgan fingerprint density at radius 2 is 1.65 bits per heavy atom. The second kappa shape index (κ2) is 23.7. The topological polar surface area (TPSA) is 130 Å². The first kappa shape index (κ1) is 41.7. The number of unbranched alkanes of at least 4 members (excludes halogenated alkanes) is 1. The number of rotatable bonds is 23. The van der Waals surface area contributed by atoms with Gasteiger partial charge >= 0.3 is 14.2 Å². The molecule has 3 atom stereocenters. The molecule has 1 fully saturated rings. The van der Waals surface area contributed by atoms with Crippen molar-refractivity contribution >= 4 is 31.9 Å². The number of nitrogen functional groups attached to an aromatic ring is 1. The molecule has 10 nitrogen and oxygen atoms in total. The number of amides is 1. The molecule has 0 saturated carbocycles. The van der Waals surface area contributed by atoms with Gasteiger partial charge in [0.15, 0.2) is 0 Å². The summed E-state index contributed by atoms with van der Waals surface area (Å²) in [6.07, 6.45) is 25.8. The standard InChI is InChI=1S/C37H49ClF2N5O5P/c1-2-3-4-5-6-7-8-9-10-11-12-13-14-15-16-17-18-19-34(46)42-25-26-43-51(50-31-22-20-30(38)21-23-31)48-29-32-28-37(39,40)35(49-32)45-27-24-33(41)44-36(45)47/h3-4,6-7,9-10,12-13,15-16,20-24,27,32,35,43H,2,5,8,11,14,17-19,25-26,28-29H2,1H3,(H,42,46)(H2,41,44,47)/b4-3-,7-6-,10-9-,13-12-,16-15-. The van der Waals surface area contributed by atoms with Gasteiger partial charge < -0.3 is 24.8 Å². The minimum atomic E-state index is -3.35. The third-order valence-electron chi connectivity index (χ3n) is 7.29. The highest BCUT2D eigenvalue weighted by molar-refractivity contribution is 7.45. The van der Waals surface area contributed by atoms with E-state index in [1.165, 1.54) is 6.07 Å². The number of nitrogens with zero attached hydrogens (tertiary/aromatic N) is 2. The fourth-order valence-corrected chi connectivity index (χ4v) is 5.98. The highest BCUT2D eigenvalue weighted by Gasteiger charge is 2.52. The van der Waals surface area contributed by atoms with Crippen LogP contribution >= 0.6 is 20.1 Å². The predicted molar refractivity (Wildman–Crippen MR) is 201 cm³/mol. The Morgan fingerprint density at radius 3 is 2.27 bits per heavy atom. The van der Waals surface area contributed by atoms with Crippen molar-refractivity contribution in [1.82, 2.24) is 20.0 Å². The molecule has 14 heteroatoms. The van der Waals surface area contributed by atoms with E-state index in [0.717, 1.165) is 51.1 Å². The van der Waals surface area contributed by atoms with Crippen LogP contribution in [-0.4, -0.2) is 47.2 Å². The molecule has 0 spiro atoms. The van der Waals surface area contributed by atoms with Crippen molar-refractivity contribution in [3.63, 3.8) is 0 Å². The van der Waals surface area contributed by atoms with Gasteiger partial charge in [0.1, 0.15) is 11.6 Å². The zero-order valence-corrected chi connectivity index (χ0v) is 30.6. The van der Waals surface area contributed by atoms with Crippen LogP contribution in [0.5, 0.6) is 5.75 Å².